The van der Waals surface area contributed by atoms with Crippen molar-refractivity contribution in [1.82, 2.24) is 0 Å². The molecule has 2 heteroatoms. The first kappa shape index (κ1) is 9.53. The summed E-state index contributed by atoms with van der Waals surface area (Å²) in [7, 11) is 1.72. The Labute approximate surface area is 84.5 Å². The van der Waals surface area contributed by atoms with Gasteiger partial charge in [0, 0.05) is 18.1 Å². The zero-order chi connectivity index (χ0) is 10.0. The van der Waals surface area contributed by atoms with Gasteiger partial charge in [0.2, 0.25) is 0 Å². The van der Waals surface area contributed by atoms with E-state index in [2.05, 4.69) is 0 Å². The molecule has 1 fully saturated rings. The standard InChI is InChI=1S/C12H16O2/c1-14-9-12(7-4-8-12)10-5-2-3-6-11(10)13/h2-3,5-6,13H,4,7-9H2,1H3. The highest BCUT2D eigenvalue weighted by molar-refractivity contribution is 5.40. The molecule has 0 spiro atoms. The van der Waals surface area contributed by atoms with Crippen LogP contribution in [-0.2, 0) is 10.2 Å². The molecule has 1 aromatic carbocycles. The Hall–Kier alpha value is -1.02. The van der Waals surface area contributed by atoms with Crippen LogP contribution in [0.1, 0.15) is 24.8 Å². The van der Waals surface area contributed by atoms with Gasteiger partial charge < -0.3 is 9.84 Å². The Bertz CT molecular complexity index is 316. The summed E-state index contributed by atoms with van der Waals surface area (Å²) in [6.45, 7) is 0.713. The summed E-state index contributed by atoms with van der Waals surface area (Å²) in [6.07, 6.45) is 3.48. The second-order valence-corrected chi connectivity index (χ2v) is 4.08. The zero-order valence-electron chi connectivity index (χ0n) is 8.49. The molecule has 0 aromatic heterocycles. The molecule has 1 aromatic rings. The van der Waals surface area contributed by atoms with Crippen LogP contribution in [0.25, 0.3) is 0 Å². The number of para-hydroxylation sites is 1. The fourth-order valence-electron chi connectivity index (χ4n) is 2.29. The van der Waals surface area contributed by atoms with Crippen molar-refractivity contribution in [3.63, 3.8) is 0 Å². The number of ether oxygens (including phenoxy) is 1. The lowest BCUT2D eigenvalue weighted by molar-refractivity contribution is 0.0774. The first-order valence-corrected chi connectivity index (χ1v) is 5.06. The smallest absolute Gasteiger partial charge is 0.119 e. The third kappa shape index (κ3) is 1.40. The zero-order valence-corrected chi connectivity index (χ0v) is 8.49. The number of benzene rings is 1. The van der Waals surface area contributed by atoms with Crippen LogP contribution >= 0.6 is 0 Å². The average Bonchev–Trinajstić information content (AvgIpc) is 2.13. The third-order valence-corrected chi connectivity index (χ3v) is 3.21. The Morgan fingerprint density at radius 1 is 1.36 bits per heavy atom. The van der Waals surface area contributed by atoms with E-state index in [0.717, 1.165) is 18.4 Å². The molecule has 0 amide bonds. The molecule has 0 radical (unpaired) electrons. The normalized spacial score (nSPS) is 18.9. The summed E-state index contributed by atoms with van der Waals surface area (Å²) < 4.78 is 5.25. The molecule has 1 N–H and O–H groups in total. The largest absolute Gasteiger partial charge is 0.508 e. The predicted octanol–water partition coefficient (Wildman–Crippen LogP) is 2.46. The van der Waals surface area contributed by atoms with Crippen LogP contribution in [0.3, 0.4) is 0 Å². The highest BCUT2D eigenvalue weighted by atomic mass is 16.5. The molecule has 0 saturated heterocycles. The van der Waals surface area contributed by atoms with Crippen molar-refractivity contribution in [3.05, 3.63) is 29.8 Å². The lowest BCUT2D eigenvalue weighted by Crippen LogP contribution is -2.38. The van der Waals surface area contributed by atoms with E-state index in [4.69, 9.17) is 4.74 Å². The molecular weight excluding hydrogens is 176 g/mol. The molecule has 0 heterocycles. The van der Waals surface area contributed by atoms with E-state index in [1.165, 1.54) is 6.42 Å². The number of aromatic hydroxyl groups is 1. The van der Waals surface area contributed by atoms with Gasteiger partial charge in [0.15, 0.2) is 0 Å². The third-order valence-electron chi connectivity index (χ3n) is 3.21. The van der Waals surface area contributed by atoms with Crippen LogP contribution in [0.4, 0.5) is 0 Å². The van der Waals surface area contributed by atoms with Crippen molar-refractivity contribution >= 4 is 0 Å². The lowest BCUT2D eigenvalue weighted by atomic mass is 9.65. The molecule has 1 aliphatic carbocycles. The van der Waals surface area contributed by atoms with Gasteiger partial charge in [-0.3, -0.25) is 0 Å². The Balaban J connectivity index is 2.32. The highest BCUT2D eigenvalue weighted by Gasteiger charge is 2.40. The molecule has 2 rings (SSSR count). The average molecular weight is 192 g/mol. The Morgan fingerprint density at radius 2 is 2.07 bits per heavy atom. The molecular formula is C12H16O2. The minimum absolute atomic E-state index is 0.0834. The van der Waals surface area contributed by atoms with Gasteiger partial charge in [-0.05, 0) is 18.9 Å². The monoisotopic (exact) mass is 192 g/mol. The molecule has 2 nitrogen and oxygen atoms in total. The maximum atomic E-state index is 9.78. The van der Waals surface area contributed by atoms with Gasteiger partial charge in [-0.15, -0.1) is 0 Å². The number of methoxy groups -OCH3 is 1. The van der Waals surface area contributed by atoms with Crippen LogP contribution in [0.15, 0.2) is 24.3 Å². The topological polar surface area (TPSA) is 29.5 Å². The number of rotatable bonds is 3. The fraction of sp³-hybridized carbons (Fsp3) is 0.500. The van der Waals surface area contributed by atoms with Crippen LogP contribution in [-0.4, -0.2) is 18.8 Å². The van der Waals surface area contributed by atoms with E-state index in [-0.39, 0.29) is 5.41 Å². The van der Waals surface area contributed by atoms with Gasteiger partial charge in [0.1, 0.15) is 5.75 Å². The van der Waals surface area contributed by atoms with Crippen molar-refractivity contribution in [2.75, 3.05) is 13.7 Å². The summed E-state index contributed by atoms with van der Waals surface area (Å²) in [5.74, 6) is 0.407. The highest BCUT2D eigenvalue weighted by Crippen LogP contribution is 2.46. The number of hydrogen-bond donors (Lipinski definition) is 1. The number of phenols is 1. The van der Waals surface area contributed by atoms with Crippen LogP contribution in [0, 0.1) is 0 Å². The van der Waals surface area contributed by atoms with Crippen molar-refractivity contribution in [2.24, 2.45) is 0 Å². The summed E-state index contributed by atoms with van der Waals surface area (Å²) in [5, 5.41) is 9.78. The Kier molecular flexibility index (Phi) is 2.46. The van der Waals surface area contributed by atoms with Crippen molar-refractivity contribution in [2.45, 2.75) is 24.7 Å². The van der Waals surface area contributed by atoms with Gasteiger partial charge in [0.05, 0.1) is 6.61 Å². The van der Waals surface area contributed by atoms with Crippen molar-refractivity contribution in [3.8, 4) is 5.75 Å². The molecule has 0 aliphatic heterocycles. The van der Waals surface area contributed by atoms with Gasteiger partial charge in [0.25, 0.3) is 0 Å². The number of phenolic OH excluding ortho intramolecular Hbond substituents is 1. The van der Waals surface area contributed by atoms with Crippen molar-refractivity contribution in [1.29, 1.82) is 0 Å². The fourth-order valence-corrected chi connectivity index (χ4v) is 2.29. The van der Waals surface area contributed by atoms with Crippen LogP contribution in [0.5, 0.6) is 5.75 Å². The van der Waals surface area contributed by atoms with E-state index < -0.39 is 0 Å². The summed E-state index contributed by atoms with van der Waals surface area (Å²) in [4.78, 5) is 0. The predicted molar refractivity (Wildman–Crippen MR) is 55.5 cm³/mol. The van der Waals surface area contributed by atoms with E-state index in [9.17, 15) is 5.11 Å². The molecule has 1 saturated carbocycles. The second kappa shape index (κ2) is 3.62. The molecule has 0 atom stereocenters. The molecule has 0 bridgehead atoms. The summed E-state index contributed by atoms with van der Waals surface area (Å²) in [5.41, 5.74) is 1.13. The maximum absolute atomic E-state index is 9.78. The minimum Gasteiger partial charge on any atom is -0.508 e. The molecule has 14 heavy (non-hydrogen) atoms. The van der Waals surface area contributed by atoms with Gasteiger partial charge in [-0.1, -0.05) is 24.6 Å². The number of hydrogen-bond acceptors (Lipinski definition) is 2. The van der Waals surface area contributed by atoms with Gasteiger partial charge in [-0.25, -0.2) is 0 Å². The first-order chi connectivity index (χ1) is 6.78. The van der Waals surface area contributed by atoms with Crippen LogP contribution < -0.4 is 0 Å². The van der Waals surface area contributed by atoms with E-state index in [1.807, 2.05) is 18.2 Å². The molecule has 76 valence electrons. The maximum Gasteiger partial charge on any atom is 0.119 e. The minimum atomic E-state index is 0.0834. The summed E-state index contributed by atoms with van der Waals surface area (Å²) in [6, 6.07) is 7.60. The molecule has 0 unspecified atom stereocenters. The van der Waals surface area contributed by atoms with Crippen molar-refractivity contribution < 1.29 is 9.84 Å². The quantitative estimate of drug-likeness (QED) is 0.797. The summed E-state index contributed by atoms with van der Waals surface area (Å²) >= 11 is 0. The Morgan fingerprint density at radius 3 is 2.57 bits per heavy atom. The molecule has 1 aliphatic rings. The SMILES string of the molecule is COCC1(c2ccccc2O)CCC1. The van der Waals surface area contributed by atoms with E-state index >= 15 is 0 Å². The van der Waals surface area contributed by atoms with Gasteiger partial charge in [-0.2, -0.15) is 0 Å². The van der Waals surface area contributed by atoms with Crippen LogP contribution in [0.2, 0.25) is 0 Å². The first-order valence-electron chi connectivity index (χ1n) is 5.06. The second-order valence-electron chi connectivity index (χ2n) is 4.08. The van der Waals surface area contributed by atoms with E-state index in [0.29, 0.717) is 12.4 Å². The van der Waals surface area contributed by atoms with E-state index in [1.54, 1.807) is 13.2 Å². The van der Waals surface area contributed by atoms with Gasteiger partial charge >= 0.3 is 0 Å². The lowest BCUT2D eigenvalue weighted by Gasteiger charge is -2.42.